The lowest BCUT2D eigenvalue weighted by Crippen LogP contribution is -2.37. The first-order valence-electron chi connectivity index (χ1n) is 13.2. The molecular weight excluding hydrogens is 490 g/mol. The first-order chi connectivity index (χ1) is 19.2. The van der Waals surface area contributed by atoms with Gasteiger partial charge in [0.05, 0.1) is 26.4 Å². The Kier molecular flexibility index (Phi) is 9.14. The molecular formula is C33H33NO5. The number of ether oxygens (including phenoxy) is 4. The predicted octanol–water partition coefficient (Wildman–Crippen LogP) is 5.61. The Morgan fingerprint density at radius 3 is 1.77 bits per heavy atom. The first-order valence-corrected chi connectivity index (χ1v) is 13.2. The van der Waals surface area contributed by atoms with Gasteiger partial charge < -0.3 is 24.7 Å². The second-order valence-corrected chi connectivity index (χ2v) is 9.61. The van der Waals surface area contributed by atoms with Crippen molar-refractivity contribution in [3.8, 4) is 0 Å². The molecule has 4 atom stereocenters. The van der Waals surface area contributed by atoms with Crippen molar-refractivity contribution in [2.24, 2.45) is 5.73 Å². The molecule has 0 radical (unpaired) electrons. The van der Waals surface area contributed by atoms with Gasteiger partial charge in [-0.25, -0.2) is 0 Å². The Hall–Kier alpha value is -3.81. The van der Waals surface area contributed by atoms with Crippen molar-refractivity contribution >= 4 is 5.91 Å². The maximum Gasteiger partial charge on any atom is 0.248 e. The topological polar surface area (TPSA) is 80.0 Å². The molecule has 2 N–H and O–H groups in total. The van der Waals surface area contributed by atoms with Crippen LogP contribution in [-0.2, 0) is 38.8 Å². The molecule has 5 rings (SSSR count). The number of nitrogens with two attached hydrogens (primary N) is 1. The Bertz CT molecular complexity index is 1320. The van der Waals surface area contributed by atoms with Gasteiger partial charge in [0.2, 0.25) is 5.91 Å². The van der Waals surface area contributed by atoms with Crippen LogP contribution in [0.15, 0.2) is 115 Å². The lowest BCUT2D eigenvalue weighted by Gasteiger charge is -2.25. The van der Waals surface area contributed by atoms with Crippen molar-refractivity contribution in [1.29, 1.82) is 0 Å². The fourth-order valence-corrected chi connectivity index (χ4v) is 4.78. The minimum Gasteiger partial charge on any atom is -0.374 e. The van der Waals surface area contributed by atoms with Crippen molar-refractivity contribution in [3.63, 3.8) is 0 Å². The number of hydrogen-bond acceptors (Lipinski definition) is 5. The zero-order valence-corrected chi connectivity index (χ0v) is 21.7. The molecule has 1 heterocycles. The molecule has 0 spiro atoms. The monoisotopic (exact) mass is 523 g/mol. The number of hydrogen-bond donors (Lipinski definition) is 1. The average Bonchev–Trinajstić information content (AvgIpc) is 3.33. The third kappa shape index (κ3) is 7.19. The molecule has 39 heavy (non-hydrogen) atoms. The largest absolute Gasteiger partial charge is 0.374 e. The lowest BCUT2D eigenvalue weighted by atomic mass is 9.99. The molecule has 0 saturated carbocycles. The van der Waals surface area contributed by atoms with Gasteiger partial charge in [0.15, 0.2) is 0 Å². The Labute approximate surface area is 229 Å². The molecule has 6 heteroatoms. The summed E-state index contributed by atoms with van der Waals surface area (Å²) in [7, 11) is 0. The second kappa shape index (κ2) is 13.3. The maximum absolute atomic E-state index is 11.9. The molecule has 200 valence electrons. The Morgan fingerprint density at radius 2 is 1.21 bits per heavy atom. The molecule has 1 fully saturated rings. The highest BCUT2D eigenvalue weighted by Gasteiger charge is 2.47. The molecule has 1 saturated heterocycles. The van der Waals surface area contributed by atoms with Gasteiger partial charge >= 0.3 is 0 Å². The summed E-state index contributed by atoms with van der Waals surface area (Å²) in [5.74, 6) is -0.490. The van der Waals surface area contributed by atoms with Gasteiger partial charge in [-0.05, 0) is 34.4 Å². The minimum absolute atomic E-state index is 0.325. The molecule has 1 aliphatic heterocycles. The zero-order valence-electron chi connectivity index (χ0n) is 21.7. The third-order valence-corrected chi connectivity index (χ3v) is 6.77. The highest BCUT2D eigenvalue weighted by atomic mass is 16.6. The van der Waals surface area contributed by atoms with Crippen LogP contribution in [0.4, 0.5) is 0 Å². The van der Waals surface area contributed by atoms with E-state index < -0.39 is 24.2 Å². The van der Waals surface area contributed by atoms with E-state index in [1.165, 1.54) is 0 Å². The van der Waals surface area contributed by atoms with E-state index in [4.69, 9.17) is 24.7 Å². The van der Waals surface area contributed by atoms with Gasteiger partial charge in [-0.3, -0.25) is 4.79 Å². The van der Waals surface area contributed by atoms with Crippen molar-refractivity contribution < 1.29 is 23.7 Å². The van der Waals surface area contributed by atoms with Crippen LogP contribution in [0.25, 0.3) is 0 Å². The van der Waals surface area contributed by atoms with Gasteiger partial charge in [-0.2, -0.15) is 0 Å². The van der Waals surface area contributed by atoms with Crippen LogP contribution in [0.2, 0.25) is 0 Å². The number of amides is 1. The van der Waals surface area contributed by atoms with Crippen LogP contribution in [0, 0.1) is 0 Å². The fourth-order valence-electron chi connectivity index (χ4n) is 4.78. The number of rotatable bonds is 12. The number of carbonyl (C=O) groups excluding carboxylic acids is 1. The molecule has 0 aromatic heterocycles. The van der Waals surface area contributed by atoms with E-state index in [0.717, 1.165) is 22.3 Å². The summed E-state index contributed by atoms with van der Waals surface area (Å²) in [6.07, 6.45) is -1.71. The zero-order chi connectivity index (χ0) is 26.9. The van der Waals surface area contributed by atoms with Crippen LogP contribution in [0.1, 0.15) is 38.7 Å². The lowest BCUT2D eigenvalue weighted by molar-refractivity contribution is -0.0898. The fraction of sp³-hybridized carbons (Fsp3) is 0.242. The predicted molar refractivity (Wildman–Crippen MR) is 149 cm³/mol. The summed E-state index contributed by atoms with van der Waals surface area (Å²) in [5, 5.41) is 0. The highest BCUT2D eigenvalue weighted by Crippen LogP contribution is 2.38. The molecule has 0 aliphatic carbocycles. The molecule has 6 nitrogen and oxygen atoms in total. The SMILES string of the molecule is NC(=O)c1cccc(C2OC(COCc3ccccc3)C(OCc3ccccc3)C2OCc2ccccc2)c1. The van der Waals surface area contributed by atoms with Crippen molar-refractivity contribution in [2.75, 3.05) is 6.61 Å². The maximum atomic E-state index is 11.9. The van der Waals surface area contributed by atoms with Gasteiger partial charge in [0, 0.05) is 5.56 Å². The molecule has 1 amide bonds. The van der Waals surface area contributed by atoms with E-state index in [9.17, 15) is 4.79 Å². The quantitative estimate of drug-likeness (QED) is 0.261. The minimum atomic E-state index is -0.490. The van der Waals surface area contributed by atoms with Crippen molar-refractivity contribution in [3.05, 3.63) is 143 Å². The number of primary amides is 1. The summed E-state index contributed by atoms with van der Waals surface area (Å²) < 4.78 is 25.7. The second-order valence-electron chi connectivity index (χ2n) is 9.61. The highest BCUT2D eigenvalue weighted by molar-refractivity contribution is 5.92. The van der Waals surface area contributed by atoms with Gasteiger partial charge in [-0.15, -0.1) is 0 Å². The van der Waals surface area contributed by atoms with Gasteiger partial charge in [-0.1, -0.05) is 103 Å². The van der Waals surface area contributed by atoms with Crippen molar-refractivity contribution in [2.45, 2.75) is 44.2 Å². The average molecular weight is 524 g/mol. The van der Waals surface area contributed by atoms with Crippen LogP contribution in [0.3, 0.4) is 0 Å². The summed E-state index contributed by atoms with van der Waals surface area (Å²) in [4.78, 5) is 11.9. The van der Waals surface area contributed by atoms with E-state index in [-0.39, 0.29) is 6.10 Å². The van der Waals surface area contributed by atoms with E-state index in [1.807, 2.05) is 103 Å². The van der Waals surface area contributed by atoms with E-state index in [2.05, 4.69) is 0 Å². The van der Waals surface area contributed by atoms with Crippen LogP contribution in [0.5, 0.6) is 0 Å². The first kappa shape index (κ1) is 26.8. The van der Waals surface area contributed by atoms with Crippen LogP contribution >= 0.6 is 0 Å². The van der Waals surface area contributed by atoms with Gasteiger partial charge in [0.25, 0.3) is 0 Å². The van der Waals surface area contributed by atoms with Crippen LogP contribution in [-0.4, -0.2) is 30.8 Å². The normalized spacial score (nSPS) is 20.6. The van der Waals surface area contributed by atoms with Crippen molar-refractivity contribution in [1.82, 2.24) is 0 Å². The molecule has 0 bridgehead atoms. The molecule has 4 unspecified atom stereocenters. The Balaban J connectivity index is 1.40. The summed E-state index contributed by atoms with van der Waals surface area (Å²) in [6.45, 7) is 1.59. The smallest absolute Gasteiger partial charge is 0.248 e. The van der Waals surface area contributed by atoms with E-state index >= 15 is 0 Å². The Morgan fingerprint density at radius 1 is 0.667 bits per heavy atom. The standard InChI is InChI=1S/C33H33NO5/c34-33(35)28-18-10-17-27(19-28)30-32(38-22-26-15-8-3-9-16-26)31(37-21-25-13-6-2-7-14-25)29(39-30)23-36-20-24-11-4-1-5-12-24/h1-19,29-32H,20-23H2,(H2,34,35). The summed E-state index contributed by atoms with van der Waals surface area (Å²) in [6, 6.07) is 37.3. The summed E-state index contributed by atoms with van der Waals surface area (Å²) in [5.41, 5.74) is 10.0. The number of carbonyl (C=O) groups is 1. The number of benzene rings is 4. The third-order valence-electron chi connectivity index (χ3n) is 6.77. The molecule has 1 aliphatic rings. The van der Waals surface area contributed by atoms with E-state index in [0.29, 0.717) is 32.0 Å². The van der Waals surface area contributed by atoms with Gasteiger partial charge in [0.1, 0.15) is 24.4 Å². The van der Waals surface area contributed by atoms with Crippen LogP contribution < -0.4 is 5.73 Å². The molecule has 4 aromatic rings. The summed E-state index contributed by atoms with van der Waals surface area (Å²) >= 11 is 0. The van der Waals surface area contributed by atoms with E-state index in [1.54, 1.807) is 12.1 Å². The molecule has 4 aromatic carbocycles.